The summed E-state index contributed by atoms with van der Waals surface area (Å²) in [6.45, 7) is 0. The summed E-state index contributed by atoms with van der Waals surface area (Å²) in [6.07, 6.45) is 2.33. The van der Waals surface area contributed by atoms with Crippen molar-refractivity contribution in [3.63, 3.8) is 0 Å². The molecule has 0 bridgehead atoms. The Balaban J connectivity index is 3.07. The summed E-state index contributed by atoms with van der Waals surface area (Å²) in [4.78, 5) is 33.2. The van der Waals surface area contributed by atoms with Gasteiger partial charge in [0.25, 0.3) is 0 Å². The summed E-state index contributed by atoms with van der Waals surface area (Å²) < 4.78 is 0. The van der Waals surface area contributed by atoms with Gasteiger partial charge in [0.15, 0.2) is 5.60 Å². The zero-order chi connectivity index (χ0) is 14.6. The molecule has 0 saturated heterocycles. The fraction of sp³-hybridized carbons (Fsp3) is 0.750. The Morgan fingerprint density at radius 2 is 1.58 bits per heavy atom. The van der Waals surface area contributed by atoms with Gasteiger partial charge in [-0.1, -0.05) is 19.3 Å². The van der Waals surface area contributed by atoms with Crippen molar-refractivity contribution in [3.8, 4) is 0 Å². The number of carboxylic acid groups (broad SMARTS) is 3. The van der Waals surface area contributed by atoms with E-state index in [1.165, 1.54) is 0 Å². The average Bonchev–Trinajstić information content (AvgIpc) is 2.28. The monoisotopic (exact) mass is 274 g/mol. The molecule has 0 aromatic rings. The summed E-state index contributed by atoms with van der Waals surface area (Å²) in [6, 6.07) is 0. The van der Waals surface area contributed by atoms with E-state index < -0.39 is 41.8 Å². The molecule has 1 rings (SSSR count). The molecule has 0 radical (unpaired) electrons. The van der Waals surface area contributed by atoms with Crippen LogP contribution in [0.25, 0.3) is 0 Å². The number of rotatable bonds is 6. The van der Waals surface area contributed by atoms with E-state index in [9.17, 15) is 24.6 Å². The highest BCUT2D eigenvalue weighted by molar-refractivity contribution is 5.89. The Labute approximate surface area is 109 Å². The zero-order valence-electron chi connectivity index (χ0n) is 10.4. The van der Waals surface area contributed by atoms with Crippen LogP contribution in [0.1, 0.15) is 38.5 Å². The molecule has 0 aliphatic heterocycles. The maximum absolute atomic E-state index is 11.3. The van der Waals surface area contributed by atoms with Crippen molar-refractivity contribution in [3.05, 3.63) is 0 Å². The lowest BCUT2D eigenvalue weighted by Crippen LogP contribution is -2.53. The molecule has 1 aliphatic rings. The van der Waals surface area contributed by atoms with E-state index in [0.29, 0.717) is 12.8 Å². The summed E-state index contributed by atoms with van der Waals surface area (Å²) in [5, 5.41) is 37.1. The second-order valence-electron chi connectivity index (χ2n) is 5.01. The van der Waals surface area contributed by atoms with E-state index in [0.717, 1.165) is 19.3 Å². The minimum Gasteiger partial charge on any atom is -0.481 e. The number of hydrogen-bond acceptors (Lipinski definition) is 4. The van der Waals surface area contributed by atoms with Gasteiger partial charge in [-0.15, -0.1) is 0 Å². The summed E-state index contributed by atoms with van der Waals surface area (Å²) in [5.41, 5.74) is -2.76. The van der Waals surface area contributed by atoms with E-state index in [4.69, 9.17) is 10.2 Å². The van der Waals surface area contributed by atoms with E-state index in [1.54, 1.807) is 0 Å². The molecule has 7 nitrogen and oxygen atoms in total. The maximum Gasteiger partial charge on any atom is 0.337 e. The Kier molecular flexibility index (Phi) is 4.88. The Morgan fingerprint density at radius 3 is 1.95 bits per heavy atom. The van der Waals surface area contributed by atoms with Crippen molar-refractivity contribution in [1.29, 1.82) is 0 Å². The molecule has 0 spiro atoms. The zero-order valence-corrected chi connectivity index (χ0v) is 10.4. The van der Waals surface area contributed by atoms with E-state index in [-0.39, 0.29) is 0 Å². The predicted octanol–water partition coefficient (Wildman–Crippen LogP) is 0.558. The molecule has 2 unspecified atom stereocenters. The Bertz CT molecular complexity index is 372. The van der Waals surface area contributed by atoms with E-state index in [1.807, 2.05) is 0 Å². The highest BCUT2D eigenvalue weighted by Crippen LogP contribution is 2.38. The number of aliphatic carboxylic acids is 3. The van der Waals surface area contributed by atoms with Gasteiger partial charge >= 0.3 is 17.9 Å². The lowest BCUT2D eigenvalue weighted by molar-refractivity contribution is -0.183. The van der Waals surface area contributed by atoms with Crippen molar-refractivity contribution in [2.24, 2.45) is 11.8 Å². The van der Waals surface area contributed by atoms with Gasteiger partial charge in [0, 0.05) is 0 Å². The highest BCUT2D eigenvalue weighted by atomic mass is 16.4. The molecule has 0 heterocycles. The van der Waals surface area contributed by atoms with Crippen LogP contribution in [0.4, 0.5) is 0 Å². The first-order chi connectivity index (χ1) is 8.79. The third kappa shape index (κ3) is 3.44. The van der Waals surface area contributed by atoms with Crippen molar-refractivity contribution < 1.29 is 34.8 Å². The van der Waals surface area contributed by atoms with Crippen LogP contribution in [0, 0.1) is 11.8 Å². The molecule has 2 atom stereocenters. The maximum atomic E-state index is 11.3. The second kappa shape index (κ2) is 6.01. The third-order valence-corrected chi connectivity index (χ3v) is 3.69. The first kappa shape index (κ1) is 15.4. The van der Waals surface area contributed by atoms with Crippen molar-refractivity contribution >= 4 is 17.9 Å². The molecule has 19 heavy (non-hydrogen) atoms. The van der Waals surface area contributed by atoms with E-state index >= 15 is 0 Å². The number of carboxylic acids is 3. The van der Waals surface area contributed by atoms with Gasteiger partial charge in [-0.05, 0) is 18.8 Å². The van der Waals surface area contributed by atoms with E-state index in [2.05, 4.69) is 0 Å². The van der Waals surface area contributed by atoms with Gasteiger partial charge in [-0.2, -0.15) is 0 Å². The normalized spacial score (nSPS) is 21.3. The molecule has 1 aliphatic carbocycles. The largest absolute Gasteiger partial charge is 0.481 e. The van der Waals surface area contributed by atoms with Crippen LogP contribution < -0.4 is 0 Å². The molecule has 0 aromatic heterocycles. The van der Waals surface area contributed by atoms with Gasteiger partial charge in [0.1, 0.15) is 0 Å². The summed E-state index contributed by atoms with van der Waals surface area (Å²) >= 11 is 0. The topological polar surface area (TPSA) is 132 Å². The van der Waals surface area contributed by atoms with Crippen LogP contribution in [0.3, 0.4) is 0 Å². The fourth-order valence-corrected chi connectivity index (χ4v) is 2.81. The summed E-state index contributed by atoms with van der Waals surface area (Å²) in [5.74, 6) is -6.90. The average molecular weight is 274 g/mol. The lowest BCUT2D eigenvalue weighted by Gasteiger charge is -2.35. The van der Waals surface area contributed by atoms with Crippen LogP contribution in [0.15, 0.2) is 0 Å². The minimum absolute atomic E-state index is 0.492. The van der Waals surface area contributed by atoms with Crippen LogP contribution in [-0.2, 0) is 14.4 Å². The molecule has 0 amide bonds. The van der Waals surface area contributed by atoms with Crippen LogP contribution in [0.5, 0.6) is 0 Å². The van der Waals surface area contributed by atoms with Gasteiger partial charge in [-0.3, -0.25) is 9.59 Å². The number of hydrogen-bond donors (Lipinski definition) is 4. The molecule has 7 heteroatoms. The van der Waals surface area contributed by atoms with Crippen LogP contribution in [-0.4, -0.2) is 43.9 Å². The molecule has 1 fully saturated rings. The lowest BCUT2D eigenvalue weighted by atomic mass is 9.70. The van der Waals surface area contributed by atoms with Crippen LogP contribution >= 0.6 is 0 Å². The molecular weight excluding hydrogens is 256 g/mol. The SMILES string of the molecule is O=C(O)CC(O)(C(=O)O)C(C(=O)O)C1CCCCC1. The Hall–Kier alpha value is -1.63. The molecule has 0 aromatic carbocycles. The van der Waals surface area contributed by atoms with Crippen molar-refractivity contribution in [2.45, 2.75) is 44.1 Å². The van der Waals surface area contributed by atoms with Crippen molar-refractivity contribution in [1.82, 2.24) is 0 Å². The minimum atomic E-state index is -2.76. The highest BCUT2D eigenvalue weighted by Gasteiger charge is 2.53. The standard InChI is InChI=1S/C12H18O7/c13-8(14)6-12(19,11(17)18)9(10(15)16)7-4-2-1-3-5-7/h7,9,19H,1-6H2,(H,13,14)(H,15,16)(H,17,18). The van der Waals surface area contributed by atoms with Gasteiger partial charge in [0.05, 0.1) is 12.3 Å². The summed E-state index contributed by atoms with van der Waals surface area (Å²) in [7, 11) is 0. The smallest absolute Gasteiger partial charge is 0.337 e. The Morgan fingerprint density at radius 1 is 1.05 bits per heavy atom. The molecular formula is C12H18O7. The molecule has 108 valence electrons. The van der Waals surface area contributed by atoms with Gasteiger partial charge < -0.3 is 20.4 Å². The first-order valence-corrected chi connectivity index (χ1v) is 6.19. The van der Waals surface area contributed by atoms with Gasteiger partial charge in [0.2, 0.25) is 0 Å². The van der Waals surface area contributed by atoms with Crippen LogP contribution in [0.2, 0.25) is 0 Å². The third-order valence-electron chi connectivity index (χ3n) is 3.69. The second-order valence-corrected chi connectivity index (χ2v) is 5.01. The predicted molar refractivity (Wildman–Crippen MR) is 62.5 cm³/mol. The quantitative estimate of drug-likeness (QED) is 0.556. The van der Waals surface area contributed by atoms with Gasteiger partial charge in [-0.25, -0.2) is 4.79 Å². The van der Waals surface area contributed by atoms with Crippen molar-refractivity contribution in [2.75, 3.05) is 0 Å². The molecule has 4 N–H and O–H groups in total. The fourth-order valence-electron chi connectivity index (χ4n) is 2.81. The number of carbonyl (C=O) groups is 3. The number of aliphatic hydroxyl groups is 1. The first-order valence-electron chi connectivity index (χ1n) is 6.19. The molecule has 1 saturated carbocycles.